The van der Waals surface area contributed by atoms with Crippen LogP contribution in [0.25, 0.3) is 0 Å². The Morgan fingerprint density at radius 1 is 1.15 bits per heavy atom. The largest absolute Gasteiger partial charge is 0.454 e. The van der Waals surface area contributed by atoms with Crippen molar-refractivity contribution in [1.29, 1.82) is 0 Å². The van der Waals surface area contributed by atoms with Crippen molar-refractivity contribution >= 4 is 39.0 Å². The molecule has 0 unspecified atom stereocenters. The Morgan fingerprint density at radius 2 is 1.88 bits per heavy atom. The van der Waals surface area contributed by atoms with Gasteiger partial charge in [0.25, 0.3) is 5.91 Å². The summed E-state index contributed by atoms with van der Waals surface area (Å²) in [7, 11) is -3.85. The van der Waals surface area contributed by atoms with E-state index in [0.717, 1.165) is 31.9 Å². The molecule has 0 bridgehead atoms. The van der Waals surface area contributed by atoms with E-state index in [9.17, 15) is 13.2 Å². The van der Waals surface area contributed by atoms with Gasteiger partial charge >= 0.3 is 0 Å². The zero-order valence-electron chi connectivity index (χ0n) is 18.9. The molecule has 0 radical (unpaired) electrons. The van der Waals surface area contributed by atoms with Crippen LogP contribution in [-0.4, -0.2) is 51.4 Å². The fraction of sp³-hybridized carbons (Fsp3) is 0.391. The number of halogens is 1. The molecule has 1 amide bonds. The van der Waals surface area contributed by atoms with Crippen LogP contribution in [0.15, 0.2) is 34.2 Å². The average Bonchev–Trinajstić information content (AvgIpc) is 2.88. The van der Waals surface area contributed by atoms with Crippen molar-refractivity contribution in [3.63, 3.8) is 0 Å². The summed E-state index contributed by atoms with van der Waals surface area (Å²) in [5.74, 6) is -1.04. The molecule has 0 aliphatic carbocycles. The number of amides is 1. The number of aliphatic imine (C=N–C) groups is 1. The summed E-state index contributed by atoms with van der Waals surface area (Å²) < 4.78 is 32.6. The number of nitrogens with one attached hydrogen (secondary N) is 1. The monoisotopic (exact) mass is 505 g/mol. The summed E-state index contributed by atoms with van der Waals surface area (Å²) >= 11 is 6.53. The third-order valence-corrected chi connectivity index (χ3v) is 7.87. The second kappa shape index (κ2) is 9.81. The highest BCUT2D eigenvalue weighted by Gasteiger charge is 2.31. The topological polar surface area (TPSA) is 140 Å². The van der Waals surface area contributed by atoms with Crippen molar-refractivity contribution in [2.24, 2.45) is 16.5 Å². The molecule has 1 saturated heterocycles. The lowest BCUT2D eigenvalue weighted by Crippen LogP contribution is -2.33. The van der Waals surface area contributed by atoms with Crippen LogP contribution in [0.2, 0.25) is 5.02 Å². The molecule has 34 heavy (non-hydrogen) atoms. The normalized spacial score (nSPS) is 17.0. The minimum Gasteiger partial charge on any atom is -0.454 e. The van der Waals surface area contributed by atoms with Gasteiger partial charge in [-0.05, 0) is 62.7 Å². The van der Waals surface area contributed by atoms with E-state index in [1.165, 1.54) is 31.4 Å². The zero-order valence-corrected chi connectivity index (χ0v) is 20.5. The average molecular weight is 506 g/mol. The molecular formula is C23H28ClN5O4S. The molecule has 0 atom stereocenters. The maximum atomic E-state index is 13.3. The molecule has 2 heterocycles. The van der Waals surface area contributed by atoms with Gasteiger partial charge in [0, 0.05) is 29.9 Å². The van der Waals surface area contributed by atoms with Crippen LogP contribution in [0.3, 0.4) is 0 Å². The molecule has 0 spiro atoms. The first kappa shape index (κ1) is 24.3. The Hall–Kier alpha value is -2.82. The summed E-state index contributed by atoms with van der Waals surface area (Å²) in [6, 6.07) is 6.21. The van der Waals surface area contributed by atoms with Gasteiger partial charge < -0.3 is 26.4 Å². The predicted octanol–water partition coefficient (Wildman–Crippen LogP) is 3.04. The van der Waals surface area contributed by atoms with Crippen LogP contribution in [-0.2, 0) is 15.6 Å². The van der Waals surface area contributed by atoms with Crippen molar-refractivity contribution in [3.8, 4) is 11.5 Å². The number of carbonyl (C=O) groups is 1. The van der Waals surface area contributed by atoms with Gasteiger partial charge in [0.1, 0.15) is 16.4 Å². The van der Waals surface area contributed by atoms with Crippen molar-refractivity contribution in [2.45, 2.75) is 36.8 Å². The first-order valence-corrected chi connectivity index (χ1v) is 13.1. The summed E-state index contributed by atoms with van der Waals surface area (Å²) in [6.45, 7) is 5.48. The smallest absolute Gasteiger partial charge is 0.280 e. The van der Waals surface area contributed by atoms with Crippen LogP contribution < -0.4 is 21.5 Å². The van der Waals surface area contributed by atoms with Crippen LogP contribution in [0, 0.1) is 6.92 Å². The highest BCUT2D eigenvalue weighted by Crippen LogP contribution is 2.44. The molecule has 1 fully saturated rings. The fourth-order valence-electron chi connectivity index (χ4n) is 4.31. The minimum absolute atomic E-state index is 0.0500. The Kier molecular flexibility index (Phi) is 7.01. The van der Waals surface area contributed by atoms with Crippen molar-refractivity contribution in [1.82, 2.24) is 4.90 Å². The molecule has 11 heteroatoms. The van der Waals surface area contributed by atoms with Gasteiger partial charge in [-0.25, -0.2) is 8.42 Å². The second-order valence-corrected chi connectivity index (χ2v) is 11.0. The highest BCUT2D eigenvalue weighted by atomic mass is 35.5. The van der Waals surface area contributed by atoms with Gasteiger partial charge in [-0.2, -0.15) is 4.99 Å². The van der Waals surface area contributed by atoms with E-state index in [2.05, 4.69) is 15.2 Å². The molecule has 0 aromatic heterocycles. The van der Waals surface area contributed by atoms with Gasteiger partial charge in [0.05, 0.1) is 10.8 Å². The van der Waals surface area contributed by atoms with Crippen LogP contribution in [0.4, 0.5) is 5.69 Å². The number of nitrogens with zero attached hydrogens (tertiary/aromatic N) is 2. The van der Waals surface area contributed by atoms with Gasteiger partial charge in [0.15, 0.2) is 15.8 Å². The van der Waals surface area contributed by atoms with Gasteiger partial charge in [-0.1, -0.05) is 18.0 Å². The third-order valence-electron chi connectivity index (χ3n) is 5.93. The molecule has 0 saturated carbocycles. The van der Waals surface area contributed by atoms with E-state index < -0.39 is 21.7 Å². The standard InChI is InChI=1S/C23H28ClN5O4S/c1-14-9-15(22(30)28-23(25)26)11-19-20(14)33-21-16(13-34(19,31)32)10-17(12-18(21)24)27-5-8-29-6-3-2-4-7-29/h9-12,27H,2-8,13H2,1H3,(H4,25,26,28,30). The number of sulfone groups is 1. The van der Waals surface area contributed by atoms with Gasteiger partial charge in [-0.15, -0.1) is 0 Å². The first-order valence-electron chi connectivity index (χ1n) is 11.1. The Labute approximate surface area is 204 Å². The third kappa shape index (κ3) is 5.29. The maximum Gasteiger partial charge on any atom is 0.280 e. The number of anilines is 1. The van der Waals surface area contributed by atoms with Gasteiger partial charge in [0.2, 0.25) is 0 Å². The number of nitrogens with two attached hydrogens (primary N) is 2. The second-order valence-electron chi connectivity index (χ2n) is 8.60. The number of piperidine rings is 1. The summed E-state index contributed by atoms with van der Waals surface area (Å²) in [6.07, 6.45) is 3.73. The lowest BCUT2D eigenvalue weighted by molar-refractivity contribution is 0.100. The fourth-order valence-corrected chi connectivity index (χ4v) is 6.16. The van der Waals surface area contributed by atoms with E-state index in [4.69, 9.17) is 27.8 Å². The molecule has 5 N–H and O–H groups in total. The van der Waals surface area contributed by atoms with Crippen LogP contribution in [0.1, 0.15) is 40.7 Å². The van der Waals surface area contributed by atoms with E-state index in [1.807, 2.05) is 0 Å². The number of fused-ring (bicyclic) bond motifs is 2. The number of hydrogen-bond acceptors (Lipinski definition) is 6. The molecule has 2 aliphatic rings. The number of guanidine groups is 1. The van der Waals surface area contributed by atoms with E-state index in [0.29, 0.717) is 16.1 Å². The summed E-state index contributed by atoms with van der Waals surface area (Å²) in [5.41, 5.74) is 12.3. The number of rotatable bonds is 5. The molecule has 9 nitrogen and oxygen atoms in total. The quantitative estimate of drug-likeness (QED) is 0.416. The first-order chi connectivity index (χ1) is 16.1. The number of aryl methyl sites for hydroxylation is 1. The number of likely N-dealkylation sites (tertiary alicyclic amines) is 1. The van der Waals surface area contributed by atoms with E-state index in [-0.39, 0.29) is 27.7 Å². The van der Waals surface area contributed by atoms with E-state index >= 15 is 0 Å². The van der Waals surface area contributed by atoms with Gasteiger partial charge in [-0.3, -0.25) is 4.79 Å². The number of hydrogen-bond donors (Lipinski definition) is 3. The molecule has 182 valence electrons. The zero-order chi connectivity index (χ0) is 24.5. The molecule has 2 aliphatic heterocycles. The molecular weight excluding hydrogens is 478 g/mol. The minimum atomic E-state index is -3.85. The SMILES string of the molecule is Cc1cc(C(=O)N=C(N)N)cc2c1Oc1c(Cl)cc(NCCN3CCCCC3)cc1CS2(=O)=O. The lowest BCUT2D eigenvalue weighted by atomic mass is 10.1. The number of benzene rings is 2. The Morgan fingerprint density at radius 3 is 2.59 bits per heavy atom. The number of carbonyl (C=O) groups excluding carboxylic acids is 1. The number of ether oxygens (including phenoxy) is 1. The highest BCUT2D eigenvalue weighted by molar-refractivity contribution is 7.90. The van der Waals surface area contributed by atoms with Crippen LogP contribution in [0.5, 0.6) is 11.5 Å². The predicted molar refractivity (Wildman–Crippen MR) is 133 cm³/mol. The van der Waals surface area contributed by atoms with Crippen LogP contribution >= 0.6 is 11.6 Å². The van der Waals surface area contributed by atoms with Crippen molar-refractivity contribution in [3.05, 3.63) is 46.0 Å². The maximum absolute atomic E-state index is 13.3. The molecule has 4 rings (SSSR count). The Balaban J connectivity index is 1.62. The van der Waals surface area contributed by atoms with E-state index in [1.54, 1.807) is 19.1 Å². The summed E-state index contributed by atoms with van der Waals surface area (Å²) in [5, 5.41) is 3.65. The molecule has 2 aromatic carbocycles. The van der Waals surface area contributed by atoms with Crippen molar-refractivity contribution in [2.75, 3.05) is 31.5 Å². The summed E-state index contributed by atoms with van der Waals surface area (Å²) in [4.78, 5) is 18.1. The molecule has 2 aromatic rings. The lowest BCUT2D eigenvalue weighted by Gasteiger charge is -2.26. The van der Waals surface area contributed by atoms with Crippen molar-refractivity contribution < 1.29 is 17.9 Å². The Bertz CT molecular complexity index is 1250.